The maximum atomic E-state index is 12.1. The van der Waals surface area contributed by atoms with Gasteiger partial charge in [-0.3, -0.25) is 4.79 Å². The number of amides is 1. The molecule has 2 atom stereocenters. The fourth-order valence-corrected chi connectivity index (χ4v) is 2.76. The van der Waals surface area contributed by atoms with Crippen molar-refractivity contribution in [2.45, 2.75) is 38.3 Å². The van der Waals surface area contributed by atoms with Crippen molar-refractivity contribution in [3.63, 3.8) is 0 Å². The van der Waals surface area contributed by atoms with Gasteiger partial charge in [-0.2, -0.15) is 0 Å². The van der Waals surface area contributed by atoms with E-state index in [-0.39, 0.29) is 31.0 Å². The van der Waals surface area contributed by atoms with Gasteiger partial charge in [0.05, 0.1) is 7.11 Å². The van der Waals surface area contributed by atoms with Crippen LogP contribution < -0.4 is 20.1 Å². The minimum absolute atomic E-state index is 0. The number of allylic oxidation sites excluding steroid dienone is 1. The number of piperidine rings is 1. The third-order valence-electron chi connectivity index (χ3n) is 4.07. The number of carbonyl (C=O) groups excluding carboxylic acids is 1. The Morgan fingerprint density at radius 1 is 1.46 bits per heavy atom. The van der Waals surface area contributed by atoms with Crippen molar-refractivity contribution in [3.8, 4) is 11.5 Å². The molecule has 5 nitrogen and oxygen atoms in total. The Balaban J connectivity index is 0.00000288. The normalized spacial score (nSPS) is 19.8. The lowest BCUT2D eigenvalue weighted by atomic mass is 10.00. The Morgan fingerprint density at radius 2 is 2.25 bits per heavy atom. The van der Waals surface area contributed by atoms with Crippen LogP contribution in [0.5, 0.6) is 11.5 Å². The predicted octanol–water partition coefficient (Wildman–Crippen LogP) is 2.48. The third kappa shape index (κ3) is 5.73. The zero-order valence-corrected chi connectivity index (χ0v) is 15.2. The van der Waals surface area contributed by atoms with Crippen LogP contribution >= 0.6 is 12.4 Å². The highest BCUT2D eigenvalue weighted by Crippen LogP contribution is 2.28. The average Bonchev–Trinajstić information content (AvgIpc) is 2.56. The van der Waals surface area contributed by atoms with E-state index in [4.69, 9.17) is 9.47 Å². The molecule has 0 spiro atoms. The lowest BCUT2D eigenvalue weighted by Gasteiger charge is -2.30. The number of halogens is 1. The molecule has 1 amide bonds. The van der Waals surface area contributed by atoms with E-state index in [0.717, 1.165) is 31.4 Å². The molecule has 2 N–H and O–H groups in total. The average molecular weight is 355 g/mol. The summed E-state index contributed by atoms with van der Waals surface area (Å²) in [4.78, 5) is 12.1. The lowest BCUT2D eigenvalue weighted by molar-refractivity contribution is -0.124. The van der Waals surface area contributed by atoms with Gasteiger partial charge in [0.2, 0.25) is 0 Å². The van der Waals surface area contributed by atoms with E-state index >= 15 is 0 Å². The van der Waals surface area contributed by atoms with Crippen LogP contribution in [0.2, 0.25) is 0 Å². The van der Waals surface area contributed by atoms with Gasteiger partial charge in [-0.25, -0.2) is 0 Å². The number of carbonyl (C=O) groups is 1. The summed E-state index contributed by atoms with van der Waals surface area (Å²) in [5.74, 6) is 1.10. The Kier molecular flexibility index (Phi) is 8.65. The van der Waals surface area contributed by atoms with E-state index in [1.54, 1.807) is 7.11 Å². The van der Waals surface area contributed by atoms with Gasteiger partial charge >= 0.3 is 0 Å². The number of hydrogen-bond donors (Lipinski definition) is 2. The maximum absolute atomic E-state index is 12.1. The first-order valence-electron chi connectivity index (χ1n) is 8.07. The summed E-state index contributed by atoms with van der Waals surface area (Å²) in [5, 5.41) is 6.39. The minimum Gasteiger partial charge on any atom is -0.493 e. The summed E-state index contributed by atoms with van der Waals surface area (Å²) in [6.45, 7) is 6.81. The molecule has 0 aromatic heterocycles. The molecule has 0 bridgehead atoms. The van der Waals surface area contributed by atoms with E-state index in [1.807, 2.05) is 24.3 Å². The van der Waals surface area contributed by atoms with Crippen molar-refractivity contribution >= 4 is 18.3 Å². The highest BCUT2D eigenvalue weighted by Gasteiger charge is 2.22. The second-order valence-corrected chi connectivity index (χ2v) is 5.83. The van der Waals surface area contributed by atoms with Crippen LogP contribution in [0.1, 0.15) is 25.3 Å². The van der Waals surface area contributed by atoms with E-state index in [0.29, 0.717) is 17.5 Å². The van der Waals surface area contributed by atoms with Gasteiger partial charge in [0.15, 0.2) is 18.1 Å². The number of rotatable bonds is 7. The lowest BCUT2D eigenvalue weighted by Crippen LogP contribution is -2.52. The van der Waals surface area contributed by atoms with Gasteiger partial charge in [0, 0.05) is 12.1 Å². The van der Waals surface area contributed by atoms with Crippen molar-refractivity contribution in [1.82, 2.24) is 10.6 Å². The summed E-state index contributed by atoms with van der Waals surface area (Å²) < 4.78 is 10.9. The SMILES string of the molecule is C=CCc1ccc(OCC(=O)NC2CCCNC2C)c(OC)c1.Cl. The Hall–Kier alpha value is -1.72. The van der Waals surface area contributed by atoms with Crippen molar-refractivity contribution in [3.05, 3.63) is 36.4 Å². The van der Waals surface area contributed by atoms with Crippen LogP contribution in [0.3, 0.4) is 0 Å². The fourth-order valence-electron chi connectivity index (χ4n) is 2.76. The predicted molar refractivity (Wildman–Crippen MR) is 98.3 cm³/mol. The number of benzene rings is 1. The highest BCUT2D eigenvalue weighted by atomic mass is 35.5. The van der Waals surface area contributed by atoms with E-state index in [9.17, 15) is 4.79 Å². The van der Waals surface area contributed by atoms with Crippen LogP contribution in [0.15, 0.2) is 30.9 Å². The molecule has 6 heteroatoms. The standard InChI is InChI=1S/C18H26N2O3.ClH/c1-4-6-14-8-9-16(17(11-14)22-3)23-12-18(21)20-15-7-5-10-19-13(15)2;/h4,8-9,11,13,15,19H,1,5-7,10,12H2,2-3H3,(H,20,21);1H. The summed E-state index contributed by atoms with van der Waals surface area (Å²) in [7, 11) is 1.59. The zero-order chi connectivity index (χ0) is 16.7. The third-order valence-corrected chi connectivity index (χ3v) is 4.07. The molecule has 1 aliphatic heterocycles. The molecule has 2 unspecified atom stereocenters. The number of ether oxygens (including phenoxy) is 2. The summed E-state index contributed by atoms with van der Waals surface area (Å²) in [6, 6.07) is 6.14. The van der Waals surface area contributed by atoms with Crippen molar-refractivity contribution in [1.29, 1.82) is 0 Å². The molecule has 1 aliphatic rings. The molecule has 0 radical (unpaired) electrons. The summed E-state index contributed by atoms with van der Waals surface area (Å²) in [5.41, 5.74) is 1.09. The summed E-state index contributed by atoms with van der Waals surface area (Å²) in [6.07, 6.45) is 4.68. The quantitative estimate of drug-likeness (QED) is 0.738. The number of hydrogen-bond acceptors (Lipinski definition) is 4. The second-order valence-electron chi connectivity index (χ2n) is 5.83. The largest absolute Gasteiger partial charge is 0.493 e. The Labute approximate surface area is 150 Å². The van der Waals surface area contributed by atoms with Gasteiger partial charge in [-0.1, -0.05) is 12.1 Å². The summed E-state index contributed by atoms with van der Waals surface area (Å²) >= 11 is 0. The Morgan fingerprint density at radius 3 is 2.92 bits per heavy atom. The van der Waals surface area contributed by atoms with E-state index in [1.165, 1.54) is 0 Å². The minimum atomic E-state index is -0.109. The van der Waals surface area contributed by atoms with Crippen molar-refractivity contribution in [2.24, 2.45) is 0 Å². The van der Waals surface area contributed by atoms with Crippen molar-refractivity contribution < 1.29 is 14.3 Å². The fraction of sp³-hybridized carbons (Fsp3) is 0.500. The van der Waals surface area contributed by atoms with Crippen LogP contribution in [-0.4, -0.2) is 38.3 Å². The van der Waals surface area contributed by atoms with E-state index in [2.05, 4.69) is 24.1 Å². The van der Waals surface area contributed by atoms with Gasteiger partial charge in [0.25, 0.3) is 5.91 Å². The van der Waals surface area contributed by atoms with Crippen LogP contribution in [0.25, 0.3) is 0 Å². The molecule has 0 aliphatic carbocycles. The first-order valence-corrected chi connectivity index (χ1v) is 8.07. The van der Waals surface area contributed by atoms with Gasteiger partial charge in [-0.15, -0.1) is 19.0 Å². The van der Waals surface area contributed by atoms with E-state index < -0.39 is 0 Å². The molecule has 1 heterocycles. The molecular formula is C18H27ClN2O3. The first kappa shape index (κ1) is 20.3. The molecule has 0 saturated carbocycles. The molecule has 134 valence electrons. The monoisotopic (exact) mass is 354 g/mol. The number of methoxy groups -OCH3 is 1. The van der Waals surface area contributed by atoms with Gasteiger partial charge in [-0.05, 0) is 50.4 Å². The van der Waals surface area contributed by atoms with Crippen LogP contribution in [0, 0.1) is 0 Å². The van der Waals surface area contributed by atoms with Crippen LogP contribution in [0.4, 0.5) is 0 Å². The molecule has 1 fully saturated rings. The maximum Gasteiger partial charge on any atom is 0.258 e. The number of nitrogens with one attached hydrogen (secondary N) is 2. The molecule has 1 aromatic rings. The second kappa shape index (κ2) is 10.2. The topological polar surface area (TPSA) is 59.6 Å². The molecule has 24 heavy (non-hydrogen) atoms. The molecule has 2 rings (SSSR count). The van der Waals surface area contributed by atoms with Crippen LogP contribution in [-0.2, 0) is 11.2 Å². The van der Waals surface area contributed by atoms with Gasteiger partial charge < -0.3 is 20.1 Å². The van der Waals surface area contributed by atoms with Crippen molar-refractivity contribution in [2.75, 3.05) is 20.3 Å². The first-order chi connectivity index (χ1) is 11.1. The van der Waals surface area contributed by atoms with Gasteiger partial charge in [0.1, 0.15) is 0 Å². The zero-order valence-electron chi connectivity index (χ0n) is 14.3. The highest BCUT2D eigenvalue weighted by molar-refractivity contribution is 5.85. The smallest absolute Gasteiger partial charge is 0.258 e. The molecule has 1 saturated heterocycles. The Bertz CT molecular complexity index is 551. The molecule has 1 aromatic carbocycles. The molecular weight excluding hydrogens is 328 g/mol.